The van der Waals surface area contributed by atoms with Crippen molar-refractivity contribution in [2.75, 3.05) is 32.1 Å². The zero-order valence-electron chi connectivity index (χ0n) is 17.0. The first kappa shape index (κ1) is 20.1. The van der Waals surface area contributed by atoms with E-state index in [1.807, 2.05) is 25.3 Å². The molecule has 3 heterocycles. The molecule has 2 bridgehead atoms. The minimum Gasteiger partial charge on any atom is -0.494 e. The SMILES string of the molecule is CN1CCCNc2ncnc3[nH]c(O)c(c23)C=NC2=CC=CC(C2)OCCCC1=O. The number of aliphatic imine (C=N–C) groups is 1. The van der Waals surface area contributed by atoms with Gasteiger partial charge in [0.15, 0.2) is 5.88 Å². The van der Waals surface area contributed by atoms with Crippen molar-refractivity contribution in [1.82, 2.24) is 19.9 Å². The maximum atomic E-state index is 12.3. The number of allylic oxidation sites excluding steroid dienone is 2. The Morgan fingerprint density at radius 2 is 2.20 bits per heavy atom. The summed E-state index contributed by atoms with van der Waals surface area (Å²) in [7, 11) is 1.82. The number of aromatic nitrogens is 3. The van der Waals surface area contributed by atoms with E-state index in [1.165, 1.54) is 6.33 Å². The lowest BCUT2D eigenvalue weighted by molar-refractivity contribution is -0.130. The van der Waals surface area contributed by atoms with Gasteiger partial charge in [0.05, 0.1) is 17.1 Å². The molecule has 30 heavy (non-hydrogen) atoms. The molecule has 4 rings (SSSR count). The van der Waals surface area contributed by atoms with Crippen LogP contribution in [0.5, 0.6) is 5.88 Å². The minimum absolute atomic E-state index is 0.00298. The first-order valence-corrected chi connectivity index (χ1v) is 10.2. The molecule has 3 N–H and O–H groups in total. The van der Waals surface area contributed by atoms with Crippen LogP contribution in [0.3, 0.4) is 0 Å². The number of aromatic hydroxyl groups is 1. The van der Waals surface area contributed by atoms with Crippen molar-refractivity contribution in [3.8, 4) is 5.88 Å². The smallest absolute Gasteiger partial charge is 0.222 e. The number of fused-ring (bicyclic) bond motifs is 2. The van der Waals surface area contributed by atoms with E-state index in [1.54, 1.807) is 11.1 Å². The van der Waals surface area contributed by atoms with Gasteiger partial charge in [0.1, 0.15) is 17.8 Å². The van der Waals surface area contributed by atoms with Crippen LogP contribution in [0.15, 0.2) is 35.2 Å². The molecule has 2 aliphatic rings. The van der Waals surface area contributed by atoms with Crippen LogP contribution in [0.2, 0.25) is 0 Å². The van der Waals surface area contributed by atoms with Gasteiger partial charge in [-0.15, -0.1) is 0 Å². The molecule has 1 atom stereocenters. The summed E-state index contributed by atoms with van der Waals surface area (Å²) in [5, 5.41) is 14.4. The third kappa shape index (κ3) is 4.51. The number of ether oxygens (including phenoxy) is 1. The predicted molar refractivity (Wildman–Crippen MR) is 115 cm³/mol. The minimum atomic E-state index is -0.0778. The molecule has 0 spiro atoms. The number of nitrogens with zero attached hydrogens (tertiary/aromatic N) is 4. The first-order chi connectivity index (χ1) is 14.6. The fraction of sp³-hybridized carbons (Fsp3) is 0.429. The number of carbonyl (C=O) groups excluding carboxylic acids is 1. The van der Waals surface area contributed by atoms with Gasteiger partial charge in [-0.2, -0.15) is 0 Å². The van der Waals surface area contributed by atoms with E-state index in [9.17, 15) is 9.90 Å². The third-order valence-corrected chi connectivity index (χ3v) is 5.25. The summed E-state index contributed by atoms with van der Waals surface area (Å²) in [4.78, 5) is 30.0. The fourth-order valence-corrected chi connectivity index (χ4v) is 3.58. The highest BCUT2D eigenvalue weighted by atomic mass is 16.5. The number of anilines is 1. The van der Waals surface area contributed by atoms with Crippen LogP contribution in [0.1, 0.15) is 31.2 Å². The molecule has 1 unspecified atom stereocenters. The summed E-state index contributed by atoms with van der Waals surface area (Å²) >= 11 is 0. The molecule has 1 aliphatic heterocycles. The van der Waals surface area contributed by atoms with Gasteiger partial charge >= 0.3 is 0 Å². The van der Waals surface area contributed by atoms with Crippen LogP contribution >= 0.6 is 0 Å². The van der Waals surface area contributed by atoms with Gasteiger partial charge in [-0.3, -0.25) is 9.79 Å². The van der Waals surface area contributed by atoms with E-state index >= 15 is 0 Å². The number of rotatable bonds is 0. The summed E-state index contributed by atoms with van der Waals surface area (Å²) < 4.78 is 5.91. The number of carbonyl (C=O) groups is 1. The molecule has 9 heteroatoms. The normalized spacial score (nSPS) is 21.1. The number of aromatic amines is 1. The lowest BCUT2D eigenvalue weighted by Crippen LogP contribution is -2.29. The first-order valence-electron chi connectivity index (χ1n) is 10.2. The summed E-state index contributed by atoms with van der Waals surface area (Å²) in [6, 6.07) is 0. The highest BCUT2D eigenvalue weighted by molar-refractivity contribution is 6.05. The van der Waals surface area contributed by atoms with Crippen molar-refractivity contribution >= 4 is 29.0 Å². The Labute approximate surface area is 174 Å². The Morgan fingerprint density at radius 1 is 1.30 bits per heavy atom. The van der Waals surface area contributed by atoms with Gasteiger partial charge in [-0.05, 0) is 18.9 Å². The van der Waals surface area contributed by atoms with Gasteiger partial charge in [0.2, 0.25) is 5.91 Å². The van der Waals surface area contributed by atoms with Crippen molar-refractivity contribution in [2.24, 2.45) is 4.99 Å². The number of amides is 1. The zero-order valence-corrected chi connectivity index (χ0v) is 17.0. The van der Waals surface area contributed by atoms with Crippen LogP contribution in [0.25, 0.3) is 11.0 Å². The highest BCUT2D eigenvalue weighted by Crippen LogP contribution is 2.29. The van der Waals surface area contributed by atoms with Gasteiger partial charge in [-0.25, -0.2) is 9.97 Å². The van der Waals surface area contributed by atoms with Gasteiger partial charge in [0, 0.05) is 51.5 Å². The van der Waals surface area contributed by atoms with E-state index in [-0.39, 0.29) is 17.9 Å². The standard InChI is InChI=1S/C21H26N6O3/c1-27-9-4-8-22-19-18-16(21(29)26-20(18)25-13-24-19)12-23-14-5-2-6-15(11-14)30-10-3-7-17(27)28/h2,5-6,12-13,15,29H,3-4,7-11H2,1H3,(H2,22,24,25,26). The van der Waals surface area contributed by atoms with Gasteiger partial charge < -0.3 is 25.0 Å². The van der Waals surface area contributed by atoms with E-state index in [4.69, 9.17) is 4.74 Å². The monoisotopic (exact) mass is 410 g/mol. The molecular formula is C21H26N6O3. The summed E-state index contributed by atoms with van der Waals surface area (Å²) in [5.74, 6) is 0.731. The quantitative estimate of drug-likeness (QED) is 0.614. The van der Waals surface area contributed by atoms with Crippen molar-refractivity contribution in [3.63, 3.8) is 0 Å². The summed E-state index contributed by atoms with van der Waals surface area (Å²) in [6.07, 6.45) is 11.4. The lowest BCUT2D eigenvalue weighted by Gasteiger charge is -2.19. The predicted octanol–water partition coefficient (Wildman–Crippen LogP) is 2.37. The third-order valence-electron chi connectivity index (χ3n) is 5.25. The average molecular weight is 410 g/mol. The molecule has 0 aromatic carbocycles. The Bertz CT molecular complexity index is 1010. The molecule has 2 aromatic heterocycles. The molecular weight excluding hydrogens is 384 g/mol. The van der Waals surface area contributed by atoms with E-state index < -0.39 is 0 Å². The van der Waals surface area contributed by atoms with E-state index in [0.29, 0.717) is 61.4 Å². The average Bonchev–Trinajstić information content (AvgIpc) is 3.07. The van der Waals surface area contributed by atoms with Gasteiger partial charge in [0.25, 0.3) is 0 Å². The molecule has 0 radical (unpaired) electrons. The van der Waals surface area contributed by atoms with Crippen LogP contribution in [-0.2, 0) is 9.53 Å². The molecule has 0 saturated carbocycles. The number of hydrogen-bond donors (Lipinski definition) is 3. The molecule has 2 aromatic rings. The number of nitrogens with one attached hydrogen (secondary N) is 2. The topological polar surface area (TPSA) is 116 Å². The Hall–Kier alpha value is -3.20. The maximum Gasteiger partial charge on any atom is 0.222 e. The number of hydrogen-bond acceptors (Lipinski definition) is 7. The second-order valence-electron chi connectivity index (χ2n) is 7.45. The maximum absolute atomic E-state index is 12.3. The summed E-state index contributed by atoms with van der Waals surface area (Å²) in [6.45, 7) is 1.80. The van der Waals surface area contributed by atoms with Crippen molar-refractivity contribution < 1.29 is 14.6 Å². The second kappa shape index (κ2) is 9.08. The zero-order chi connectivity index (χ0) is 20.9. The molecule has 9 nitrogen and oxygen atoms in total. The summed E-state index contributed by atoms with van der Waals surface area (Å²) in [5.41, 5.74) is 1.92. The lowest BCUT2D eigenvalue weighted by atomic mass is 10.1. The van der Waals surface area contributed by atoms with Gasteiger partial charge in [-0.1, -0.05) is 12.2 Å². The molecule has 0 fully saturated rings. The van der Waals surface area contributed by atoms with Crippen LogP contribution in [0.4, 0.5) is 5.82 Å². The molecule has 1 aliphatic carbocycles. The van der Waals surface area contributed by atoms with Crippen molar-refractivity contribution in [3.05, 3.63) is 35.8 Å². The van der Waals surface area contributed by atoms with Crippen LogP contribution in [0, 0.1) is 0 Å². The molecule has 158 valence electrons. The van der Waals surface area contributed by atoms with Crippen molar-refractivity contribution in [1.29, 1.82) is 0 Å². The van der Waals surface area contributed by atoms with Crippen molar-refractivity contribution in [2.45, 2.75) is 31.8 Å². The second-order valence-corrected chi connectivity index (χ2v) is 7.45. The largest absolute Gasteiger partial charge is 0.494 e. The Morgan fingerprint density at radius 3 is 3.10 bits per heavy atom. The van der Waals surface area contributed by atoms with E-state index in [0.717, 1.165) is 12.1 Å². The number of H-pyrrole nitrogens is 1. The van der Waals surface area contributed by atoms with Crippen LogP contribution < -0.4 is 5.32 Å². The van der Waals surface area contributed by atoms with Crippen LogP contribution in [-0.4, -0.2) is 69.9 Å². The molecule has 1 amide bonds. The van der Waals surface area contributed by atoms with E-state index in [2.05, 4.69) is 25.3 Å². The fourth-order valence-electron chi connectivity index (χ4n) is 3.58. The molecule has 0 saturated heterocycles. The Balaban J connectivity index is 1.63. The Kier molecular flexibility index (Phi) is 6.08. The highest BCUT2D eigenvalue weighted by Gasteiger charge is 2.17.